The maximum absolute atomic E-state index is 13.3. The van der Waals surface area contributed by atoms with E-state index in [4.69, 9.17) is 21.4 Å². The highest BCUT2D eigenvalue weighted by atomic mass is 35.5. The Hall–Kier alpha value is -2.67. The van der Waals surface area contributed by atoms with Crippen LogP contribution in [0.2, 0.25) is 5.02 Å². The third-order valence-electron chi connectivity index (χ3n) is 5.52. The number of aromatic nitrogens is 2. The molecule has 4 rings (SSSR count). The molecule has 0 aliphatic carbocycles. The quantitative estimate of drug-likeness (QED) is 0.512. The molecule has 0 unspecified atom stereocenters. The van der Waals surface area contributed by atoms with Crippen molar-refractivity contribution in [2.45, 2.75) is 38.3 Å². The van der Waals surface area contributed by atoms with Crippen molar-refractivity contribution in [2.75, 3.05) is 19.0 Å². The first-order chi connectivity index (χ1) is 14.9. The number of hydrogen-bond acceptors (Lipinski definition) is 3. The number of anilines is 1. The van der Waals surface area contributed by atoms with Crippen LogP contribution in [0.1, 0.15) is 35.2 Å². The van der Waals surface area contributed by atoms with Gasteiger partial charge in [0.15, 0.2) is 0 Å². The summed E-state index contributed by atoms with van der Waals surface area (Å²) in [5, 5.41) is 8.30. The zero-order valence-electron chi connectivity index (χ0n) is 17.1. The lowest BCUT2D eigenvalue weighted by atomic mass is 10.0. The highest BCUT2D eigenvalue weighted by Gasteiger charge is 2.32. The van der Waals surface area contributed by atoms with Gasteiger partial charge in [0.25, 0.3) is 0 Å². The van der Waals surface area contributed by atoms with Gasteiger partial charge in [-0.3, -0.25) is 0 Å². The summed E-state index contributed by atoms with van der Waals surface area (Å²) >= 11 is 6.31. The van der Waals surface area contributed by atoms with Crippen LogP contribution in [0.5, 0.6) is 5.75 Å². The van der Waals surface area contributed by atoms with Crippen LogP contribution in [0.3, 0.4) is 0 Å². The third-order valence-corrected chi connectivity index (χ3v) is 5.84. The molecule has 3 aromatic rings. The summed E-state index contributed by atoms with van der Waals surface area (Å²) < 4.78 is 46.6. The average Bonchev–Trinajstić information content (AvgIpc) is 2.92. The molecule has 0 spiro atoms. The smallest absolute Gasteiger partial charge is 0.416 e. The van der Waals surface area contributed by atoms with Crippen molar-refractivity contribution in [2.24, 2.45) is 0 Å². The number of ether oxygens (including phenoxy) is 1. The Labute approximate surface area is 184 Å². The summed E-state index contributed by atoms with van der Waals surface area (Å²) in [6, 6.07) is 11.2. The van der Waals surface area contributed by atoms with Gasteiger partial charge >= 0.3 is 6.18 Å². The van der Waals surface area contributed by atoms with Crippen molar-refractivity contribution in [1.82, 2.24) is 9.78 Å². The molecule has 1 N–H and O–H groups in total. The third kappa shape index (κ3) is 4.66. The molecule has 4 nitrogen and oxygen atoms in total. The first-order valence-electron chi connectivity index (χ1n) is 10.2. The van der Waals surface area contributed by atoms with Crippen LogP contribution in [-0.2, 0) is 25.4 Å². The lowest BCUT2D eigenvalue weighted by Gasteiger charge is -2.13. The number of methoxy groups -OCH3 is 1. The molecule has 164 valence electrons. The number of alkyl halides is 3. The summed E-state index contributed by atoms with van der Waals surface area (Å²) in [6.45, 7) is 0.743. The molecule has 1 aliphatic rings. The van der Waals surface area contributed by atoms with Crippen LogP contribution in [0.25, 0.3) is 5.69 Å². The van der Waals surface area contributed by atoms with E-state index < -0.39 is 11.7 Å². The predicted molar refractivity (Wildman–Crippen MR) is 115 cm³/mol. The fourth-order valence-electron chi connectivity index (χ4n) is 3.85. The number of nitrogens with zero attached hydrogens (tertiary/aromatic N) is 2. The highest BCUT2D eigenvalue weighted by Crippen LogP contribution is 2.36. The van der Waals surface area contributed by atoms with Crippen molar-refractivity contribution >= 4 is 17.4 Å². The van der Waals surface area contributed by atoms with Crippen molar-refractivity contribution in [1.29, 1.82) is 0 Å². The van der Waals surface area contributed by atoms with Gasteiger partial charge in [0, 0.05) is 12.1 Å². The van der Waals surface area contributed by atoms with Gasteiger partial charge in [-0.15, -0.1) is 0 Å². The van der Waals surface area contributed by atoms with Crippen LogP contribution in [0.15, 0.2) is 42.5 Å². The molecular weight excluding hydrogens is 427 g/mol. The van der Waals surface area contributed by atoms with Gasteiger partial charge in [-0.1, -0.05) is 23.7 Å². The topological polar surface area (TPSA) is 39.1 Å². The molecular formula is C23H23ClF3N3O. The number of aryl methyl sites for hydroxylation is 2. The van der Waals surface area contributed by atoms with E-state index in [1.165, 1.54) is 6.07 Å². The first-order valence-corrected chi connectivity index (χ1v) is 10.6. The van der Waals surface area contributed by atoms with E-state index in [-0.39, 0.29) is 10.7 Å². The molecule has 0 saturated heterocycles. The number of nitrogens with one attached hydrogen (secondary N) is 1. The largest absolute Gasteiger partial charge is 0.497 e. The minimum atomic E-state index is -4.45. The Bertz CT molecular complexity index is 1060. The van der Waals surface area contributed by atoms with E-state index in [0.717, 1.165) is 72.7 Å². The van der Waals surface area contributed by atoms with Crippen molar-refractivity contribution < 1.29 is 17.9 Å². The van der Waals surface area contributed by atoms with E-state index in [0.29, 0.717) is 6.42 Å². The van der Waals surface area contributed by atoms with Gasteiger partial charge in [0.1, 0.15) is 11.6 Å². The molecule has 31 heavy (non-hydrogen) atoms. The van der Waals surface area contributed by atoms with Gasteiger partial charge in [-0.05, 0) is 68.0 Å². The monoisotopic (exact) mass is 449 g/mol. The van der Waals surface area contributed by atoms with Gasteiger partial charge in [-0.25, -0.2) is 4.68 Å². The molecule has 1 aliphatic heterocycles. The second kappa shape index (κ2) is 8.83. The fraction of sp³-hybridized carbons (Fsp3) is 0.348. The molecule has 0 saturated carbocycles. The predicted octanol–water partition coefficient (Wildman–Crippen LogP) is 6.09. The number of halogens is 4. The lowest BCUT2D eigenvalue weighted by Crippen LogP contribution is -2.10. The van der Waals surface area contributed by atoms with Crippen LogP contribution in [0.4, 0.5) is 19.0 Å². The summed E-state index contributed by atoms with van der Waals surface area (Å²) in [6.07, 6.45) is -0.185. The number of rotatable bonds is 5. The molecule has 2 heterocycles. The molecule has 2 aromatic carbocycles. The Kier molecular flexibility index (Phi) is 6.14. The van der Waals surface area contributed by atoms with Crippen molar-refractivity contribution in [3.8, 4) is 11.4 Å². The van der Waals surface area contributed by atoms with Gasteiger partial charge in [0.2, 0.25) is 0 Å². The minimum Gasteiger partial charge on any atom is -0.497 e. The Morgan fingerprint density at radius 3 is 2.58 bits per heavy atom. The van der Waals surface area contributed by atoms with Crippen LogP contribution in [0, 0.1) is 0 Å². The molecule has 0 radical (unpaired) electrons. The van der Waals surface area contributed by atoms with Crippen LogP contribution < -0.4 is 10.1 Å². The normalized spacial score (nSPS) is 14.0. The Morgan fingerprint density at radius 2 is 1.87 bits per heavy atom. The van der Waals surface area contributed by atoms with E-state index in [1.54, 1.807) is 11.8 Å². The molecule has 1 aromatic heterocycles. The lowest BCUT2D eigenvalue weighted by molar-refractivity contribution is -0.137. The Morgan fingerprint density at radius 1 is 1.10 bits per heavy atom. The van der Waals surface area contributed by atoms with E-state index in [1.807, 2.05) is 24.3 Å². The van der Waals surface area contributed by atoms with Gasteiger partial charge in [0.05, 0.1) is 29.1 Å². The van der Waals surface area contributed by atoms with Gasteiger partial charge < -0.3 is 10.1 Å². The van der Waals surface area contributed by atoms with E-state index in [2.05, 4.69) is 5.32 Å². The summed E-state index contributed by atoms with van der Waals surface area (Å²) in [7, 11) is 1.63. The van der Waals surface area contributed by atoms with Crippen molar-refractivity contribution in [3.63, 3.8) is 0 Å². The highest BCUT2D eigenvalue weighted by molar-refractivity contribution is 6.32. The minimum absolute atomic E-state index is 0.228. The van der Waals surface area contributed by atoms with Crippen molar-refractivity contribution in [3.05, 3.63) is 69.9 Å². The van der Waals surface area contributed by atoms with Crippen LogP contribution in [-0.4, -0.2) is 23.4 Å². The summed E-state index contributed by atoms with van der Waals surface area (Å²) in [5.41, 5.74) is 2.57. The molecule has 0 atom stereocenters. The zero-order valence-corrected chi connectivity index (χ0v) is 17.9. The standard InChI is InChI=1S/C23H23ClF3N3O/c1-31-17-9-5-15(6-10-17)7-12-20-18-4-2-3-13-28-22(18)30(29-20)21-14-16(23(25,26)27)8-11-19(21)24/h5-6,8-11,14,28H,2-4,7,12-13H2,1H3. The second-order valence-corrected chi connectivity index (χ2v) is 7.99. The van der Waals surface area contributed by atoms with E-state index in [9.17, 15) is 13.2 Å². The molecule has 8 heteroatoms. The summed E-state index contributed by atoms with van der Waals surface area (Å²) in [5.74, 6) is 1.54. The molecule has 0 fully saturated rings. The van der Waals surface area contributed by atoms with Crippen LogP contribution >= 0.6 is 11.6 Å². The number of hydrogen-bond donors (Lipinski definition) is 1. The first kappa shape index (κ1) is 21.6. The number of fused-ring (bicyclic) bond motifs is 1. The maximum atomic E-state index is 13.3. The second-order valence-electron chi connectivity index (χ2n) is 7.58. The fourth-order valence-corrected chi connectivity index (χ4v) is 4.05. The average molecular weight is 450 g/mol. The SMILES string of the molecule is COc1ccc(CCc2nn(-c3cc(C(F)(F)F)ccc3Cl)c3c2CCCCN3)cc1. The van der Waals surface area contributed by atoms with Gasteiger partial charge in [-0.2, -0.15) is 18.3 Å². The maximum Gasteiger partial charge on any atom is 0.416 e. The number of benzene rings is 2. The Balaban J connectivity index is 1.70. The molecule has 0 amide bonds. The summed E-state index contributed by atoms with van der Waals surface area (Å²) in [4.78, 5) is 0. The molecule has 0 bridgehead atoms. The van der Waals surface area contributed by atoms with E-state index >= 15 is 0 Å². The zero-order chi connectivity index (χ0) is 22.0.